The van der Waals surface area contributed by atoms with E-state index in [1.165, 1.54) is 0 Å². The number of nitrogen functional groups attached to an aromatic ring is 1. The van der Waals surface area contributed by atoms with Gasteiger partial charge in [0.05, 0.1) is 0 Å². The summed E-state index contributed by atoms with van der Waals surface area (Å²) in [7, 11) is 0. The van der Waals surface area contributed by atoms with Gasteiger partial charge in [-0.2, -0.15) is 0 Å². The van der Waals surface area contributed by atoms with Crippen molar-refractivity contribution < 1.29 is 0 Å². The molecule has 0 atom stereocenters. The molecule has 0 fully saturated rings. The van der Waals surface area contributed by atoms with Crippen molar-refractivity contribution in [2.45, 2.75) is 0 Å². The van der Waals surface area contributed by atoms with E-state index < -0.39 is 0 Å². The van der Waals surface area contributed by atoms with Gasteiger partial charge in [-0.15, -0.1) is 36.2 Å². The third kappa shape index (κ3) is 2.87. The molecule has 0 radical (unpaired) electrons. The summed E-state index contributed by atoms with van der Waals surface area (Å²) >= 11 is 1.63. The number of hydrogen-bond acceptors (Lipinski definition) is 3. The van der Waals surface area contributed by atoms with Crippen molar-refractivity contribution in [1.29, 1.82) is 0 Å². The minimum atomic E-state index is 0. The van der Waals surface area contributed by atoms with E-state index in [9.17, 15) is 0 Å². The molecular weight excluding hydrogens is 239 g/mol. The van der Waals surface area contributed by atoms with Crippen LogP contribution < -0.4 is 5.73 Å². The molecule has 0 saturated heterocycles. The number of benzene rings is 1. The lowest BCUT2D eigenvalue weighted by atomic mass is 10.2. The van der Waals surface area contributed by atoms with Crippen LogP contribution in [0.4, 0.5) is 5.69 Å². The third-order valence-corrected chi connectivity index (χ3v) is 2.41. The maximum Gasteiger partial charge on any atom is 0.123 e. The zero-order valence-electron chi connectivity index (χ0n) is 7.21. The SMILES string of the molecule is Cl.Cl.Nc1ccc(-c2nccs2)cc1. The third-order valence-electron chi connectivity index (χ3n) is 1.59. The van der Waals surface area contributed by atoms with Crippen molar-refractivity contribution in [2.75, 3.05) is 5.73 Å². The Morgan fingerprint density at radius 2 is 1.71 bits per heavy atom. The second kappa shape index (κ2) is 5.86. The summed E-state index contributed by atoms with van der Waals surface area (Å²) in [5.41, 5.74) is 7.47. The van der Waals surface area contributed by atoms with Gasteiger partial charge >= 0.3 is 0 Å². The van der Waals surface area contributed by atoms with E-state index in [0.29, 0.717) is 0 Å². The quantitative estimate of drug-likeness (QED) is 0.788. The first-order valence-corrected chi connectivity index (χ1v) is 4.49. The molecule has 0 aliphatic rings. The topological polar surface area (TPSA) is 38.9 Å². The van der Waals surface area contributed by atoms with Crippen LogP contribution in [0.25, 0.3) is 10.6 Å². The number of anilines is 1. The van der Waals surface area contributed by atoms with E-state index >= 15 is 0 Å². The van der Waals surface area contributed by atoms with Crippen LogP contribution in [0, 0.1) is 0 Å². The Bertz CT molecular complexity index is 359. The van der Waals surface area contributed by atoms with Gasteiger partial charge in [-0.05, 0) is 24.3 Å². The predicted molar refractivity (Wildman–Crippen MR) is 66.5 cm³/mol. The molecule has 0 unspecified atom stereocenters. The van der Waals surface area contributed by atoms with Gasteiger partial charge in [0.2, 0.25) is 0 Å². The van der Waals surface area contributed by atoms with E-state index in [1.54, 1.807) is 17.5 Å². The zero-order chi connectivity index (χ0) is 8.39. The molecule has 0 aliphatic carbocycles. The van der Waals surface area contributed by atoms with E-state index in [4.69, 9.17) is 5.73 Å². The second-order valence-corrected chi connectivity index (χ2v) is 3.35. The van der Waals surface area contributed by atoms with Crippen LogP contribution in [0.15, 0.2) is 35.8 Å². The Balaban J connectivity index is 0.000000845. The molecule has 2 aromatic rings. The lowest BCUT2D eigenvalue weighted by Crippen LogP contribution is -1.82. The molecule has 76 valence electrons. The molecule has 1 aromatic carbocycles. The molecule has 1 heterocycles. The number of hydrogen-bond donors (Lipinski definition) is 1. The highest BCUT2D eigenvalue weighted by Crippen LogP contribution is 2.21. The maximum absolute atomic E-state index is 5.56. The minimum absolute atomic E-state index is 0. The fraction of sp³-hybridized carbons (Fsp3) is 0. The van der Waals surface area contributed by atoms with Crippen LogP contribution in [0.5, 0.6) is 0 Å². The summed E-state index contributed by atoms with van der Waals surface area (Å²) in [6, 6.07) is 7.73. The smallest absolute Gasteiger partial charge is 0.123 e. The van der Waals surface area contributed by atoms with E-state index in [1.807, 2.05) is 29.6 Å². The molecule has 0 spiro atoms. The number of nitrogens with zero attached hydrogens (tertiary/aromatic N) is 1. The monoisotopic (exact) mass is 248 g/mol. The first-order valence-electron chi connectivity index (χ1n) is 3.62. The summed E-state index contributed by atoms with van der Waals surface area (Å²) in [6.45, 7) is 0. The van der Waals surface area contributed by atoms with Gasteiger partial charge in [0, 0.05) is 22.8 Å². The molecule has 5 heteroatoms. The van der Waals surface area contributed by atoms with Crippen molar-refractivity contribution in [3.63, 3.8) is 0 Å². The first kappa shape index (κ1) is 13.2. The normalized spacial score (nSPS) is 8.57. The van der Waals surface area contributed by atoms with Crippen molar-refractivity contribution in [1.82, 2.24) is 4.98 Å². The molecule has 1 aromatic heterocycles. The van der Waals surface area contributed by atoms with Crippen LogP contribution in [-0.2, 0) is 0 Å². The average molecular weight is 249 g/mol. The highest BCUT2D eigenvalue weighted by Gasteiger charge is 1.97. The summed E-state index contributed by atoms with van der Waals surface area (Å²) in [6.07, 6.45) is 1.80. The van der Waals surface area contributed by atoms with Crippen LogP contribution in [0.2, 0.25) is 0 Å². The van der Waals surface area contributed by atoms with Crippen LogP contribution in [-0.4, -0.2) is 4.98 Å². The molecular formula is C9H10Cl2N2S. The van der Waals surface area contributed by atoms with Gasteiger partial charge in [0.1, 0.15) is 5.01 Å². The van der Waals surface area contributed by atoms with E-state index in [0.717, 1.165) is 16.3 Å². The number of thiazole rings is 1. The Hall–Kier alpha value is -0.770. The highest BCUT2D eigenvalue weighted by atomic mass is 35.5. The van der Waals surface area contributed by atoms with Crippen LogP contribution in [0.1, 0.15) is 0 Å². The van der Waals surface area contributed by atoms with Crippen molar-refractivity contribution in [2.24, 2.45) is 0 Å². The fourth-order valence-electron chi connectivity index (χ4n) is 0.992. The number of rotatable bonds is 1. The molecule has 0 bridgehead atoms. The molecule has 2 nitrogen and oxygen atoms in total. The lowest BCUT2D eigenvalue weighted by molar-refractivity contribution is 1.41. The summed E-state index contributed by atoms with van der Waals surface area (Å²) in [5, 5.41) is 3.00. The van der Waals surface area contributed by atoms with Crippen molar-refractivity contribution in [3.8, 4) is 10.6 Å². The standard InChI is InChI=1S/C9H8N2S.2ClH/c10-8-3-1-7(2-4-8)9-11-5-6-12-9;;/h1-6H,10H2;2*1H. The highest BCUT2D eigenvalue weighted by molar-refractivity contribution is 7.13. The minimum Gasteiger partial charge on any atom is -0.399 e. The van der Waals surface area contributed by atoms with Gasteiger partial charge in [0.25, 0.3) is 0 Å². The number of nitrogens with two attached hydrogens (primary N) is 1. The van der Waals surface area contributed by atoms with Crippen LogP contribution >= 0.6 is 36.2 Å². The van der Waals surface area contributed by atoms with Gasteiger partial charge in [-0.25, -0.2) is 4.98 Å². The van der Waals surface area contributed by atoms with Crippen molar-refractivity contribution >= 4 is 41.8 Å². The molecule has 14 heavy (non-hydrogen) atoms. The fourth-order valence-corrected chi connectivity index (χ4v) is 1.64. The predicted octanol–water partition coefficient (Wildman–Crippen LogP) is 3.24. The van der Waals surface area contributed by atoms with Crippen molar-refractivity contribution in [3.05, 3.63) is 35.8 Å². The molecule has 2 rings (SSSR count). The van der Waals surface area contributed by atoms with E-state index in [-0.39, 0.29) is 24.8 Å². The lowest BCUT2D eigenvalue weighted by Gasteiger charge is -1.95. The van der Waals surface area contributed by atoms with E-state index in [2.05, 4.69) is 4.98 Å². The Morgan fingerprint density at radius 1 is 1.07 bits per heavy atom. The summed E-state index contributed by atoms with van der Waals surface area (Å²) in [5.74, 6) is 0. The zero-order valence-corrected chi connectivity index (χ0v) is 9.66. The average Bonchev–Trinajstić information content (AvgIpc) is 2.58. The molecule has 0 amide bonds. The Kier molecular flexibility index (Phi) is 5.53. The Labute approximate surface area is 99.0 Å². The van der Waals surface area contributed by atoms with Gasteiger partial charge in [0.15, 0.2) is 0 Å². The van der Waals surface area contributed by atoms with Gasteiger partial charge < -0.3 is 5.73 Å². The molecule has 0 saturated carbocycles. The molecule has 0 aliphatic heterocycles. The number of aromatic nitrogens is 1. The van der Waals surface area contributed by atoms with Gasteiger partial charge in [-0.1, -0.05) is 0 Å². The largest absolute Gasteiger partial charge is 0.399 e. The maximum atomic E-state index is 5.56. The first-order chi connectivity index (χ1) is 5.86. The summed E-state index contributed by atoms with van der Waals surface area (Å²) in [4.78, 5) is 4.19. The van der Waals surface area contributed by atoms with Gasteiger partial charge in [-0.3, -0.25) is 0 Å². The van der Waals surface area contributed by atoms with Crippen LogP contribution in [0.3, 0.4) is 0 Å². The number of halogens is 2. The molecule has 2 N–H and O–H groups in total. The Morgan fingerprint density at radius 3 is 2.21 bits per heavy atom. The second-order valence-electron chi connectivity index (χ2n) is 2.46. The summed E-state index contributed by atoms with van der Waals surface area (Å²) < 4.78 is 0.